The van der Waals surface area contributed by atoms with E-state index in [0.717, 1.165) is 6.07 Å². The van der Waals surface area contributed by atoms with Crippen molar-refractivity contribution in [3.05, 3.63) is 41.7 Å². The van der Waals surface area contributed by atoms with Gasteiger partial charge < -0.3 is 10.7 Å². The Kier molecular flexibility index (Phi) is 3.33. The predicted octanol–water partition coefficient (Wildman–Crippen LogP) is 2.09. The van der Waals surface area contributed by atoms with Crippen LogP contribution in [0.3, 0.4) is 0 Å². The lowest BCUT2D eigenvalue weighted by Crippen LogP contribution is -2.11. The number of nitrogens with two attached hydrogens (primary N) is 1. The summed E-state index contributed by atoms with van der Waals surface area (Å²) in [6, 6.07) is 3.13. The molecular weight excluding hydrogens is 240 g/mol. The van der Waals surface area contributed by atoms with Gasteiger partial charge >= 0.3 is 0 Å². The molecule has 0 unspecified atom stereocenters. The highest BCUT2D eigenvalue weighted by Gasteiger charge is 2.07. The molecule has 0 fully saturated rings. The summed E-state index contributed by atoms with van der Waals surface area (Å²) in [7, 11) is 0. The van der Waals surface area contributed by atoms with Crippen molar-refractivity contribution in [3.63, 3.8) is 0 Å². The van der Waals surface area contributed by atoms with E-state index in [1.54, 1.807) is 6.92 Å². The van der Waals surface area contributed by atoms with Gasteiger partial charge in [-0.15, -0.1) is 0 Å². The maximum absolute atomic E-state index is 13.0. The van der Waals surface area contributed by atoms with Gasteiger partial charge in [0.05, 0.1) is 0 Å². The van der Waals surface area contributed by atoms with Crippen LogP contribution < -0.4 is 16.6 Å². The van der Waals surface area contributed by atoms with Crippen LogP contribution in [-0.4, -0.2) is 9.97 Å². The van der Waals surface area contributed by atoms with Gasteiger partial charge in [0.1, 0.15) is 29.6 Å². The van der Waals surface area contributed by atoms with Gasteiger partial charge in [-0.2, -0.15) is 0 Å². The Bertz CT molecular complexity index is 553. The quantitative estimate of drug-likeness (QED) is 0.575. The largest absolute Gasteiger partial charge is 0.340 e. The molecule has 5 nitrogen and oxygen atoms in total. The summed E-state index contributed by atoms with van der Waals surface area (Å²) in [5.74, 6) is 4.80. The zero-order chi connectivity index (χ0) is 13.1. The molecule has 0 bridgehead atoms. The van der Waals surface area contributed by atoms with Gasteiger partial charge in [0.2, 0.25) is 0 Å². The molecule has 0 atom stereocenters. The molecule has 18 heavy (non-hydrogen) atoms. The van der Waals surface area contributed by atoms with Crippen LogP contribution in [0.15, 0.2) is 24.5 Å². The van der Waals surface area contributed by atoms with E-state index >= 15 is 0 Å². The fourth-order valence-electron chi connectivity index (χ4n) is 1.48. The summed E-state index contributed by atoms with van der Waals surface area (Å²) < 4.78 is 26.1. The molecule has 0 aliphatic carbocycles. The Balaban J connectivity index is 2.34. The molecule has 0 saturated heterocycles. The number of rotatable bonds is 3. The van der Waals surface area contributed by atoms with Crippen LogP contribution in [0.2, 0.25) is 0 Å². The van der Waals surface area contributed by atoms with Crippen LogP contribution in [0.25, 0.3) is 0 Å². The minimum atomic E-state index is -0.665. The third-order valence-corrected chi connectivity index (χ3v) is 2.35. The molecule has 7 heteroatoms. The Morgan fingerprint density at radius 2 is 1.67 bits per heavy atom. The number of anilines is 3. The van der Waals surface area contributed by atoms with Crippen LogP contribution in [0, 0.1) is 18.6 Å². The summed E-state index contributed by atoms with van der Waals surface area (Å²) in [4.78, 5) is 7.88. The van der Waals surface area contributed by atoms with Gasteiger partial charge in [0.15, 0.2) is 0 Å². The standard InChI is InChI=1S/C11H11F2N5/c1-6-10(15-5-16-11(6)18-14)17-9-3-7(12)2-8(13)4-9/h2-5H,14H2,1H3,(H2,15,16,17,18). The maximum atomic E-state index is 13.0. The van der Waals surface area contributed by atoms with Crippen molar-refractivity contribution in [1.82, 2.24) is 9.97 Å². The van der Waals surface area contributed by atoms with Gasteiger partial charge in [0, 0.05) is 17.3 Å². The van der Waals surface area contributed by atoms with Crippen molar-refractivity contribution in [2.24, 2.45) is 5.84 Å². The molecule has 4 N–H and O–H groups in total. The third kappa shape index (κ3) is 2.51. The van der Waals surface area contributed by atoms with E-state index in [9.17, 15) is 8.78 Å². The molecule has 94 valence electrons. The summed E-state index contributed by atoms with van der Waals surface area (Å²) in [5, 5.41) is 2.80. The molecule has 0 amide bonds. The van der Waals surface area contributed by atoms with E-state index in [1.807, 2.05) is 0 Å². The lowest BCUT2D eigenvalue weighted by molar-refractivity contribution is 0.584. The molecule has 0 aliphatic heterocycles. The van der Waals surface area contributed by atoms with Crippen molar-refractivity contribution < 1.29 is 8.78 Å². The van der Waals surface area contributed by atoms with Crippen molar-refractivity contribution >= 4 is 17.3 Å². The Morgan fingerprint density at radius 1 is 1.06 bits per heavy atom. The molecule has 0 aliphatic rings. The Labute approximate surface area is 102 Å². The summed E-state index contributed by atoms with van der Waals surface area (Å²) in [5.41, 5.74) is 3.31. The number of halogens is 2. The number of nitrogen functional groups attached to an aromatic ring is 1. The summed E-state index contributed by atoms with van der Waals surface area (Å²) in [6.45, 7) is 1.73. The molecule has 2 aromatic rings. The second-order valence-electron chi connectivity index (χ2n) is 3.62. The number of aromatic nitrogens is 2. The molecule has 1 aromatic heterocycles. The smallest absolute Gasteiger partial charge is 0.148 e. The second-order valence-corrected chi connectivity index (χ2v) is 3.62. The van der Waals surface area contributed by atoms with Crippen LogP contribution in [-0.2, 0) is 0 Å². The molecule has 0 saturated carbocycles. The molecule has 1 aromatic carbocycles. The van der Waals surface area contributed by atoms with E-state index in [-0.39, 0.29) is 5.69 Å². The first-order valence-electron chi connectivity index (χ1n) is 5.11. The third-order valence-electron chi connectivity index (χ3n) is 2.35. The minimum Gasteiger partial charge on any atom is -0.340 e. The SMILES string of the molecule is Cc1c(NN)ncnc1Nc1cc(F)cc(F)c1. The first-order chi connectivity index (χ1) is 8.60. The van der Waals surface area contributed by atoms with Crippen LogP contribution in [0.1, 0.15) is 5.56 Å². The van der Waals surface area contributed by atoms with Crippen molar-refractivity contribution in [2.75, 3.05) is 10.7 Å². The van der Waals surface area contributed by atoms with Crippen LogP contribution >= 0.6 is 0 Å². The number of hydrogen-bond acceptors (Lipinski definition) is 5. The molecule has 0 radical (unpaired) electrons. The lowest BCUT2D eigenvalue weighted by Gasteiger charge is -2.10. The predicted molar refractivity (Wildman–Crippen MR) is 64.2 cm³/mol. The minimum absolute atomic E-state index is 0.261. The fourth-order valence-corrected chi connectivity index (χ4v) is 1.48. The normalized spacial score (nSPS) is 10.2. The fraction of sp³-hybridized carbons (Fsp3) is 0.0909. The average molecular weight is 251 g/mol. The van der Waals surface area contributed by atoms with E-state index < -0.39 is 11.6 Å². The Morgan fingerprint density at radius 3 is 2.28 bits per heavy atom. The molecular formula is C11H11F2N5. The number of nitrogens with one attached hydrogen (secondary N) is 2. The zero-order valence-corrected chi connectivity index (χ0v) is 9.54. The van der Waals surface area contributed by atoms with Crippen molar-refractivity contribution in [3.8, 4) is 0 Å². The summed E-state index contributed by atoms with van der Waals surface area (Å²) in [6.07, 6.45) is 1.29. The number of nitrogens with zero attached hydrogens (tertiary/aromatic N) is 2. The summed E-state index contributed by atoms with van der Waals surface area (Å²) >= 11 is 0. The maximum Gasteiger partial charge on any atom is 0.148 e. The van der Waals surface area contributed by atoms with Gasteiger partial charge in [-0.3, -0.25) is 0 Å². The highest BCUT2D eigenvalue weighted by Crippen LogP contribution is 2.22. The monoisotopic (exact) mass is 251 g/mol. The van der Waals surface area contributed by atoms with Crippen LogP contribution in [0.4, 0.5) is 26.1 Å². The molecule has 2 rings (SSSR count). The second kappa shape index (κ2) is 4.92. The van der Waals surface area contributed by atoms with E-state index in [2.05, 4.69) is 20.7 Å². The number of hydrogen-bond donors (Lipinski definition) is 3. The Hall–Kier alpha value is -2.28. The van der Waals surface area contributed by atoms with Gasteiger partial charge in [-0.25, -0.2) is 24.6 Å². The lowest BCUT2D eigenvalue weighted by atomic mass is 10.2. The zero-order valence-electron chi connectivity index (χ0n) is 9.54. The van der Waals surface area contributed by atoms with Crippen LogP contribution in [0.5, 0.6) is 0 Å². The molecule has 0 spiro atoms. The highest BCUT2D eigenvalue weighted by molar-refractivity contribution is 5.64. The topological polar surface area (TPSA) is 75.9 Å². The number of hydrazine groups is 1. The van der Waals surface area contributed by atoms with Gasteiger partial charge in [-0.05, 0) is 19.1 Å². The molecule has 1 heterocycles. The van der Waals surface area contributed by atoms with Crippen molar-refractivity contribution in [2.45, 2.75) is 6.92 Å². The van der Waals surface area contributed by atoms with Gasteiger partial charge in [0.25, 0.3) is 0 Å². The van der Waals surface area contributed by atoms with Crippen molar-refractivity contribution in [1.29, 1.82) is 0 Å². The highest BCUT2D eigenvalue weighted by atomic mass is 19.1. The van der Waals surface area contributed by atoms with Gasteiger partial charge in [-0.1, -0.05) is 0 Å². The van der Waals surface area contributed by atoms with E-state index in [1.165, 1.54) is 18.5 Å². The average Bonchev–Trinajstić information content (AvgIpc) is 2.30. The van der Waals surface area contributed by atoms with E-state index in [4.69, 9.17) is 5.84 Å². The van der Waals surface area contributed by atoms with E-state index in [0.29, 0.717) is 17.2 Å². The first-order valence-corrected chi connectivity index (χ1v) is 5.11. The first kappa shape index (κ1) is 12.2. The number of benzene rings is 1.